The van der Waals surface area contributed by atoms with Crippen molar-refractivity contribution in [3.05, 3.63) is 29.0 Å². The number of nitrogens with one attached hydrogen (secondary N) is 2. The van der Waals surface area contributed by atoms with E-state index in [0.717, 1.165) is 13.0 Å². The summed E-state index contributed by atoms with van der Waals surface area (Å²) >= 11 is 5.63. The highest BCUT2D eigenvalue weighted by Gasteiger charge is 2.19. The lowest BCUT2D eigenvalue weighted by atomic mass is 10.3. The van der Waals surface area contributed by atoms with Crippen molar-refractivity contribution in [1.29, 1.82) is 0 Å². The number of nitrogens with zero attached hydrogens (tertiary/aromatic N) is 1. The van der Waals surface area contributed by atoms with E-state index in [2.05, 4.69) is 10.6 Å². The first-order valence-electron chi connectivity index (χ1n) is 6.84. The van der Waals surface area contributed by atoms with Crippen molar-refractivity contribution in [2.75, 3.05) is 25.0 Å². The molecule has 2 N–H and O–H groups in total. The third kappa shape index (κ3) is 4.32. The molecule has 0 atom stereocenters. The molecule has 21 heavy (non-hydrogen) atoms. The molecule has 1 aliphatic rings. The smallest absolute Gasteiger partial charge is 0.319 e. The molecule has 0 aliphatic carbocycles. The number of urea groups is 1. The molecule has 0 bridgehead atoms. The SMILES string of the molecule is O=C(NCCCN1CCCC1=O)Nc1cccc(Cl)c1F. The van der Waals surface area contributed by atoms with Gasteiger partial charge in [0, 0.05) is 26.1 Å². The molecule has 1 heterocycles. The number of hydrogen-bond donors (Lipinski definition) is 2. The molecule has 0 radical (unpaired) electrons. The Balaban J connectivity index is 1.70. The van der Waals surface area contributed by atoms with E-state index < -0.39 is 11.8 Å². The highest BCUT2D eigenvalue weighted by atomic mass is 35.5. The summed E-state index contributed by atoms with van der Waals surface area (Å²) in [6.45, 7) is 1.83. The molecule has 0 spiro atoms. The van der Waals surface area contributed by atoms with Crippen LogP contribution >= 0.6 is 11.6 Å². The normalized spacial score (nSPS) is 14.4. The van der Waals surface area contributed by atoms with Gasteiger partial charge in [-0.05, 0) is 25.0 Å². The van der Waals surface area contributed by atoms with Crippen molar-refractivity contribution in [3.63, 3.8) is 0 Å². The number of carbonyl (C=O) groups excluding carboxylic acids is 2. The predicted octanol–water partition coefficient (Wildman–Crippen LogP) is 2.61. The second-order valence-electron chi connectivity index (χ2n) is 4.82. The van der Waals surface area contributed by atoms with Gasteiger partial charge in [0.1, 0.15) is 0 Å². The number of halogens is 2. The summed E-state index contributed by atoms with van der Waals surface area (Å²) in [5.41, 5.74) is 0.0368. The van der Waals surface area contributed by atoms with Crippen molar-refractivity contribution < 1.29 is 14.0 Å². The van der Waals surface area contributed by atoms with Crippen LogP contribution in [0.1, 0.15) is 19.3 Å². The molecule has 0 unspecified atom stereocenters. The molecule has 1 aliphatic heterocycles. The maximum Gasteiger partial charge on any atom is 0.319 e. The highest BCUT2D eigenvalue weighted by molar-refractivity contribution is 6.31. The fourth-order valence-electron chi connectivity index (χ4n) is 2.18. The van der Waals surface area contributed by atoms with E-state index in [4.69, 9.17) is 11.6 Å². The van der Waals surface area contributed by atoms with Crippen LogP contribution in [0.15, 0.2) is 18.2 Å². The molecule has 1 aromatic rings. The Morgan fingerprint density at radius 2 is 2.24 bits per heavy atom. The van der Waals surface area contributed by atoms with Gasteiger partial charge in [-0.25, -0.2) is 9.18 Å². The van der Waals surface area contributed by atoms with Gasteiger partial charge < -0.3 is 15.5 Å². The van der Waals surface area contributed by atoms with Gasteiger partial charge in [-0.1, -0.05) is 17.7 Å². The van der Waals surface area contributed by atoms with Crippen molar-refractivity contribution >= 4 is 29.2 Å². The molecule has 2 rings (SSSR count). The first-order valence-corrected chi connectivity index (χ1v) is 7.22. The lowest BCUT2D eigenvalue weighted by molar-refractivity contribution is -0.127. The summed E-state index contributed by atoms with van der Waals surface area (Å²) < 4.78 is 13.6. The van der Waals surface area contributed by atoms with E-state index >= 15 is 0 Å². The Morgan fingerprint density at radius 3 is 2.95 bits per heavy atom. The summed E-state index contributed by atoms with van der Waals surface area (Å²) in [7, 11) is 0. The van der Waals surface area contributed by atoms with E-state index in [0.29, 0.717) is 25.9 Å². The summed E-state index contributed by atoms with van der Waals surface area (Å²) in [4.78, 5) is 24.8. The van der Waals surface area contributed by atoms with E-state index in [9.17, 15) is 14.0 Å². The van der Waals surface area contributed by atoms with Crippen LogP contribution in [0.2, 0.25) is 5.02 Å². The molecule has 0 saturated carbocycles. The average Bonchev–Trinajstić information content (AvgIpc) is 2.86. The number of anilines is 1. The van der Waals surface area contributed by atoms with Gasteiger partial charge in [-0.2, -0.15) is 0 Å². The minimum atomic E-state index is -0.656. The van der Waals surface area contributed by atoms with Crippen LogP contribution in [0.3, 0.4) is 0 Å². The zero-order valence-electron chi connectivity index (χ0n) is 11.5. The average molecular weight is 314 g/mol. The molecule has 1 saturated heterocycles. The van der Waals surface area contributed by atoms with E-state index in [-0.39, 0.29) is 16.6 Å². The molecule has 0 aromatic heterocycles. The van der Waals surface area contributed by atoms with Crippen LogP contribution in [-0.4, -0.2) is 36.5 Å². The lowest BCUT2D eigenvalue weighted by Gasteiger charge is -2.15. The van der Waals surface area contributed by atoms with Gasteiger partial charge in [0.15, 0.2) is 5.82 Å². The molecular formula is C14H17ClFN3O2. The fourth-order valence-corrected chi connectivity index (χ4v) is 2.35. The Hall–Kier alpha value is -1.82. The second kappa shape index (κ2) is 7.26. The maximum atomic E-state index is 13.6. The van der Waals surface area contributed by atoms with Crippen LogP contribution in [0, 0.1) is 5.82 Å². The Bertz CT molecular complexity index is 539. The molecule has 7 heteroatoms. The molecule has 1 fully saturated rings. The van der Waals surface area contributed by atoms with Gasteiger partial charge in [-0.3, -0.25) is 4.79 Å². The zero-order valence-corrected chi connectivity index (χ0v) is 12.3. The van der Waals surface area contributed by atoms with Gasteiger partial charge in [-0.15, -0.1) is 0 Å². The van der Waals surface area contributed by atoms with Crippen LogP contribution in [0.4, 0.5) is 14.9 Å². The number of carbonyl (C=O) groups is 2. The molecular weight excluding hydrogens is 297 g/mol. The Morgan fingerprint density at radius 1 is 1.43 bits per heavy atom. The van der Waals surface area contributed by atoms with Crippen molar-refractivity contribution in [2.45, 2.75) is 19.3 Å². The number of benzene rings is 1. The van der Waals surface area contributed by atoms with Gasteiger partial charge in [0.05, 0.1) is 10.7 Å². The second-order valence-corrected chi connectivity index (χ2v) is 5.23. The summed E-state index contributed by atoms with van der Waals surface area (Å²) in [6, 6.07) is 3.90. The van der Waals surface area contributed by atoms with Crippen LogP contribution in [0.5, 0.6) is 0 Å². The number of hydrogen-bond acceptors (Lipinski definition) is 2. The van der Waals surface area contributed by atoms with Crippen LogP contribution in [-0.2, 0) is 4.79 Å². The summed E-state index contributed by atoms with van der Waals surface area (Å²) in [5, 5.41) is 4.98. The van der Waals surface area contributed by atoms with Crippen molar-refractivity contribution in [1.82, 2.24) is 10.2 Å². The largest absolute Gasteiger partial charge is 0.343 e. The minimum absolute atomic E-state index is 0.0368. The summed E-state index contributed by atoms with van der Waals surface area (Å²) in [6.07, 6.45) is 2.18. The zero-order chi connectivity index (χ0) is 15.2. The Kier molecular flexibility index (Phi) is 5.38. The van der Waals surface area contributed by atoms with Crippen molar-refractivity contribution in [3.8, 4) is 0 Å². The van der Waals surface area contributed by atoms with Gasteiger partial charge in [0.2, 0.25) is 5.91 Å². The molecule has 5 nitrogen and oxygen atoms in total. The fraction of sp³-hybridized carbons (Fsp3) is 0.429. The monoisotopic (exact) mass is 313 g/mol. The first-order chi connectivity index (χ1) is 10.1. The number of likely N-dealkylation sites (tertiary alicyclic amines) is 1. The number of rotatable bonds is 5. The molecule has 114 valence electrons. The third-order valence-corrected chi connectivity index (χ3v) is 3.55. The molecule has 1 aromatic carbocycles. The van der Waals surface area contributed by atoms with E-state index in [1.165, 1.54) is 12.1 Å². The van der Waals surface area contributed by atoms with E-state index in [1.807, 2.05) is 0 Å². The third-order valence-electron chi connectivity index (χ3n) is 3.26. The topological polar surface area (TPSA) is 61.4 Å². The van der Waals surface area contributed by atoms with Crippen LogP contribution < -0.4 is 10.6 Å². The van der Waals surface area contributed by atoms with Crippen molar-refractivity contribution in [2.24, 2.45) is 0 Å². The van der Waals surface area contributed by atoms with E-state index in [1.54, 1.807) is 11.0 Å². The summed E-state index contributed by atoms with van der Waals surface area (Å²) in [5.74, 6) is -0.488. The minimum Gasteiger partial charge on any atom is -0.343 e. The highest BCUT2D eigenvalue weighted by Crippen LogP contribution is 2.21. The predicted molar refractivity (Wildman–Crippen MR) is 78.9 cm³/mol. The first kappa shape index (κ1) is 15.6. The standard InChI is InChI=1S/C14H17ClFN3O2/c15-10-4-1-5-11(13(10)16)18-14(21)17-7-3-9-19-8-2-6-12(19)20/h1,4-5H,2-3,6-9H2,(H2,17,18,21). The van der Waals surface area contributed by atoms with Crippen LogP contribution in [0.25, 0.3) is 0 Å². The lowest BCUT2D eigenvalue weighted by Crippen LogP contribution is -2.33. The molecule has 3 amide bonds. The number of amides is 3. The maximum absolute atomic E-state index is 13.6. The quantitative estimate of drug-likeness (QED) is 0.821. The van der Waals surface area contributed by atoms with Gasteiger partial charge in [0.25, 0.3) is 0 Å². The Labute approximate surface area is 127 Å². The van der Waals surface area contributed by atoms with Gasteiger partial charge >= 0.3 is 6.03 Å².